The van der Waals surface area contributed by atoms with Gasteiger partial charge in [-0.1, -0.05) is 23.7 Å². The van der Waals surface area contributed by atoms with Gasteiger partial charge in [0.2, 0.25) is 5.91 Å². The van der Waals surface area contributed by atoms with E-state index in [-0.39, 0.29) is 17.5 Å². The highest BCUT2D eigenvalue weighted by Gasteiger charge is 2.13. The van der Waals surface area contributed by atoms with Crippen LogP contribution < -0.4 is 10.6 Å². The van der Waals surface area contributed by atoms with E-state index in [0.29, 0.717) is 13.0 Å². The molecule has 0 saturated heterocycles. The van der Waals surface area contributed by atoms with Crippen LogP contribution in [0, 0.1) is 0 Å². The van der Waals surface area contributed by atoms with Crippen molar-refractivity contribution in [3.8, 4) is 0 Å². The molecule has 0 aliphatic carbocycles. The van der Waals surface area contributed by atoms with Gasteiger partial charge in [-0.2, -0.15) is 0 Å². The van der Waals surface area contributed by atoms with E-state index in [9.17, 15) is 4.79 Å². The van der Waals surface area contributed by atoms with Gasteiger partial charge in [0, 0.05) is 29.6 Å². The SMILES string of the molecule is CC(NCCC(=O)NC(C)(C)C)c1cccc(Cl)c1. The van der Waals surface area contributed by atoms with Gasteiger partial charge < -0.3 is 10.6 Å². The maximum absolute atomic E-state index is 11.7. The number of nitrogens with one attached hydrogen (secondary N) is 2. The molecule has 0 aliphatic heterocycles. The molecule has 2 N–H and O–H groups in total. The van der Waals surface area contributed by atoms with Crippen LogP contribution in [0.25, 0.3) is 0 Å². The summed E-state index contributed by atoms with van der Waals surface area (Å²) in [5, 5.41) is 7.00. The summed E-state index contributed by atoms with van der Waals surface area (Å²) in [6, 6.07) is 7.94. The second-order valence-electron chi connectivity index (χ2n) is 5.78. The zero-order valence-corrected chi connectivity index (χ0v) is 12.8. The van der Waals surface area contributed by atoms with Crippen molar-refractivity contribution < 1.29 is 4.79 Å². The third kappa shape index (κ3) is 6.60. The first-order valence-corrected chi connectivity index (χ1v) is 6.95. The number of amides is 1. The third-order valence-corrected chi connectivity index (χ3v) is 2.90. The molecule has 0 heterocycles. The van der Waals surface area contributed by atoms with E-state index in [1.807, 2.05) is 45.0 Å². The second-order valence-corrected chi connectivity index (χ2v) is 6.22. The molecule has 0 radical (unpaired) electrons. The summed E-state index contributed by atoms with van der Waals surface area (Å²) in [5.74, 6) is 0.0679. The largest absolute Gasteiger partial charge is 0.351 e. The molecule has 0 aromatic heterocycles. The Kier molecular flexibility index (Phi) is 5.83. The lowest BCUT2D eigenvalue weighted by Gasteiger charge is -2.21. The number of halogens is 1. The van der Waals surface area contributed by atoms with Gasteiger partial charge in [-0.05, 0) is 45.4 Å². The summed E-state index contributed by atoms with van der Waals surface area (Å²) in [4.78, 5) is 11.7. The van der Waals surface area contributed by atoms with Crippen LogP contribution in [0.5, 0.6) is 0 Å². The van der Waals surface area contributed by atoms with Crippen molar-refractivity contribution in [2.45, 2.75) is 45.7 Å². The van der Waals surface area contributed by atoms with E-state index in [1.165, 1.54) is 0 Å². The Labute approximate surface area is 120 Å². The van der Waals surface area contributed by atoms with Gasteiger partial charge in [-0.15, -0.1) is 0 Å². The number of carbonyl (C=O) groups excluding carboxylic acids is 1. The fourth-order valence-corrected chi connectivity index (χ4v) is 1.98. The predicted octanol–water partition coefficient (Wildman–Crippen LogP) is 3.30. The molecular weight excluding hydrogens is 260 g/mol. The van der Waals surface area contributed by atoms with Gasteiger partial charge in [0.1, 0.15) is 0 Å². The summed E-state index contributed by atoms with van der Waals surface area (Å²) in [6.45, 7) is 8.65. The summed E-state index contributed by atoms with van der Waals surface area (Å²) in [7, 11) is 0. The third-order valence-electron chi connectivity index (χ3n) is 2.67. The maximum Gasteiger partial charge on any atom is 0.221 e. The average molecular weight is 283 g/mol. The van der Waals surface area contributed by atoms with Crippen LogP contribution in [0.15, 0.2) is 24.3 Å². The molecule has 0 fully saturated rings. The summed E-state index contributed by atoms with van der Waals surface area (Å²) in [5.41, 5.74) is 0.957. The molecule has 4 heteroatoms. The zero-order valence-electron chi connectivity index (χ0n) is 12.1. The molecule has 1 amide bonds. The monoisotopic (exact) mass is 282 g/mol. The molecule has 106 valence electrons. The van der Waals surface area contributed by atoms with Gasteiger partial charge in [-0.25, -0.2) is 0 Å². The van der Waals surface area contributed by atoms with Crippen LogP contribution in [0.3, 0.4) is 0 Å². The normalized spacial score (nSPS) is 13.1. The lowest BCUT2D eigenvalue weighted by atomic mass is 10.1. The van der Waals surface area contributed by atoms with Crippen molar-refractivity contribution >= 4 is 17.5 Å². The van der Waals surface area contributed by atoms with Gasteiger partial charge in [0.25, 0.3) is 0 Å². The molecule has 0 saturated carbocycles. The highest BCUT2D eigenvalue weighted by atomic mass is 35.5. The Morgan fingerprint density at radius 1 is 1.37 bits per heavy atom. The molecule has 1 rings (SSSR count). The first kappa shape index (κ1) is 16.0. The number of benzene rings is 1. The maximum atomic E-state index is 11.7. The quantitative estimate of drug-likeness (QED) is 0.870. The summed E-state index contributed by atoms with van der Waals surface area (Å²) >= 11 is 5.95. The van der Waals surface area contributed by atoms with Gasteiger partial charge in [0.15, 0.2) is 0 Å². The summed E-state index contributed by atoms with van der Waals surface area (Å²) < 4.78 is 0. The van der Waals surface area contributed by atoms with Gasteiger partial charge in [-0.3, -0.25) is 4.79 Å². The molecule has 1 unspecified atom stereocenters. The van der Waals surface area contributed by atoms with Crippen molar-refractivity contribution in [3.63, 3.8) is 0 Å². The van der Waals surface area contributed by atoms with Crippen molar-refractivity contribution in [3.05, 3.63) is 34.9 Å². The minimum absolute atomic E-state index is 0.0679. The van der Waals surface area contributed by atoms with Crippen LogP contribution in [-0.4, -0.2) is 18.0 Å². The standard InChI is InChI=1S/C15H23ClN2O/c1-11(12-6-5-7-13(16)10-12)17-9-8-14(19)18-15(2,3)4/h5-7,10-11,17H,8-9H2,1-4H3,(H,18,19). The fraction of sp³-hybridized carbons (Fsp3) is 0.533. The highest BCUT2D eigenvalue weighted by molar-refractivity contribution is 6.30. The van der Waals surface area contributed by atoms with Crippen LogP contribution in [-0.2, 0) is 4.79 Å². The molecule has 1 atom stereocenters. The van der Waals surface area contributed by atoms with Gasteiger partial charge in [0.05, 0.1) is 0 Å². The number of hydrogen-bond acceptors (Lipinski definition) is 2. The Morgan fingerprint density at radius 2 is 2.05 bits per heavy atom. The van der Waals surface area contributed by atoms with Crippen LogP contribution in [0.2, 0.25) is 5.02 Å². The molecule has 1 aromatic rings. The van der Waals surface area contributed by atoms with E-state index in [4.69, 9.17) is 11.6 Å². The lowest BCUT2D eigenvalue weighted by molar-refractivity contribution is -0.122. The van der Waals surface area contributed by atoms with Crippen LogP contribution >= 0.6 is 11.6 Å². The Bertz CT molecular complexity index is 426. The van der Waals surface area contributed by atoms with Crippen LogP contribution in [0.1, 0.15) is 45.7 Å². The molecule has 3 nitrogen and oxygen atoms in total. The van der Waals surface area contributed by atoms with Crippen molar-refractivity contribution in [2.75, 3.05) is 6.54 Å². The van der Waals surface area contributed by atoms with Crippen molar-refractivity contribution in [1.82, 2.24) is 10.6 Å². The van der Waals surface area contributed by atoms with Gasteiger partial charge >= 0.3 is 0 Å². The molecule has 0 aliphatic rings. The van der Waals surface area contributed by atoms with E-state index in [0.717, 1.165) is 10.6 Å². The molecule has 0 spiro atoms. The topological polar surface area (TPSA) is 41.1 Å². The minimum atomic E-state index is -0.171. The zero-order chi connectivity index (χ0) is 14.5. The highest BCUT2D eigenvalue weighted by Crippen LogP contribution is 2.17. The van der Waals surface area contributed by atoms with E-state index in [2.05, 4.69) is 17.6 Å². The van der Waals surface area contributed by atoms with E-state index < -0.39 is 0 Å². The number of carbonyl (C=O) groups is 1. The van der Waals surface area contributed by atoms with Crippen LogP contribution in [0.4, 0.5) is 0 Å². The Balaban J connectivity index is 2.35. The predicted molar refractivity (Wildman–Crippen MR) is 80.4 cm³/mol. The molecule has 0 bridgehead atoms. The van der Waals surface area contributed by atoms with E-state index in [1.54, 1.807) is 0 Å². The second kappa shape index (κ2) is 6.92. The first-order chi connectivity index (χ1) is 8.78. The molecule has 19 heavy (non-hydrogen) atoms. The Morgan fingerprint density at radius 3 is 2.63 bits per heavy atom. The van der Waals surface area contributed by atoms with Crippen molar-refractivity contribution in [1.29, 1.82) is 0 Å². The summed E-state index contributed by atoms with van der Waals surface area (Å²) in [6.07, 6.45) is 0.474. The minimum Gasteiger partial charge on any atom is -0.351 e. The fourth-order valence-electron chi connectivity index (χ4n) is 1.78. The number of rotatable bonds is 5. The smallest absolute Gasteiger partial charge is 0.221 e. The lowest BCUT2D eigenvalue weighted by Crippen LogP contribution is -2.41. The average Bonchev–Trinajstić information content (AvgIpc) is 2.26. The van der Waals surface area contributed by atoms with E-state index >= 15 is 0 Å². The number of hydrogen-bond donors (Lipinski definition) is 2. The Hall–Kier alpha value is -1.06. The van der Waals surface area contributed by atoms with Crippen molar-refractivity contribution in [2.24, 2.45) is 0 Å². The first-order valence-electron chi connectivity index (χ1n) is 6.58. The molecular formula is C15H23ClN2O. The molecule has 1 aromatic carbocycles.